The molecular formula is C18H34O4. The third-order valence-corrected chi connectivity index (χ3v) is 5.22. The Morgan fingerprint density at radius 3 is 1.77 bits per heavy atom. The van der Waals surface area contributed by atoms with Crippen molar-refractivity contribution in [1.29, 1.82) is 0 Å². The zero-order valence-electron chi connectivity index (χ0n) is 15.7. The minimum Gasteiger partial charge on any atom is -0.469 e. The van der Waals surface area contributed by atoms with Crippen molar-refractivity contribution in [2.24, 2.45) is 10.8 Å². The Kier molecular flexibility index (Phi) is 7.60. The molecule has 0 unspecified atom stereocenters. The molecule has 0 rings (SSSR count). The molecule has 0 saturated heterocycles. The molecule has 4 nitrogen and oxygen atoms in total. The second-order valence-corrected chi connectivity index (χ2v) is 7.93. The summed E-state index contributed by atoms with van der Waals surface area (Å²) in [5, 5.41) is 0. The van der Waals surface area contributed by atoms with Crippen LogP contribution in [0.3, 0.4) is 0 Å². The van der Waals surface area contributed by atoms with Gasteiger partial charge in [0, 0.05) is 0 Å². The molecule has 22 heavy (non-hydrogen) atoms. The molecule has 0 bridgehead atoms. The Labute approximate surface area is 135 Å². The Morgan fingerprint density at radius 1 is 0.818 bits per heavy atom. The van der Waals surface area contributed by atoms with Crippen molar-refractivity contribution < 1.29 is 19.1 Å². The predicted molar refractivity (Wildman–Crippen MR) is 88.5 cm³/mol. The highest BCUT2D eigenvalue weighted by Crippen LogP contribution is 2.45. The smallest absolute Gasteiger partial charge is 0.306 e. The molecule has 0 aliphatic rings. The first-order chi connectivity index (χ1) is 9.87. The van der Waals surface area contributed by atoms with Gasteiger partial charge in [0.15, 0.2) is 0 Å². The van der Waals surface area contributed by atoms with Crippen LogP contribution in [-0.2, 0) is 19.1 Å². The summed E-state index contributed by atoms with van der Waals surface area (Å²) in [7, 11) is 1.31. The second-order valence-electron chi connectivity index (χ2n) is 7.93. The van der Waals surface area contributed by atoms with E-state index in [4.69, 9.17) is 4.74 Å². The summed E-state index contributed by atoms with van der Waals surface area (Å²) in [5.74, 6) is -0.733. The van der Waals surface area contributed by atoms with Crippen molar-refractivity contribution in [2.45, 2.75) is 86.2 Å². The number of carbonyl (C=O) groups excluding carboxylic acids is 2. The molecular weight excluding hydrogens is 280 g/mol. The van der Waals surface area contributed by atoms with Crippen LogP contribution in [0.15, 0.2) is 0 Å². The fraction of sp³-hybridized carbons (Fsp3) is 0.889. The summed E-state index contributed by atoms with van der Waals surface area (Å²) in [6, 6.07) is 0. The standard InChI is InChI=1S/C18H34O4/c1-9-16(2,3)17(4,5)12-13-18(6,7)22-15(20)11-10-14(19)21-8/h9-13H2,1-8H3. The van der Waals surface area contributed by atoms with E-state index < -0.39 is 5.60 Å². The molecule has 0 aromatic rings. The molecule has 0 radical (unpaired) electrons. The molecule has 4 heteroatoms. The molecule has 0 saturated carbocycles. The van der Waals surface area contributed by atoms with E-state index in [9.17, 15) is 9.59 Å². The van der Waals surface area contributed by atoms with Gasteiger partial charge in [0.25, 0.3) is 0 Å². The minimum absolute atomic E-state index is 0.0692. The molecule has 0 aliphatic carbocycles. The molecule has 0 N–H and O–H groups in total. The Morgan fingerprint density at radius 2 is 1.32 bits per heavy atom. The first-order valence-electron chi connectivity index (χ1n) is 8.15. The lowest BCUT2D eigenvalue weighted by Gasteiger charge is -2.43. The van der Waals surface area contributed by atoms with Gasteiger partial charge in [-0.2, -0.15) is 0 Å². The molecule has 130 valence electrons. The highest BCUT2D eigenvalue weighted by molar-refractivity contribution is 5.77. The maximum Gasteiger partial charge on any atom is 0.306 e. The molecule has 0 atom stereocenters. The molecule has 0 heterocycles. The Bertz CT molecular complexity index is 381. The van der Waals surface area contributed by atoms with E-state index in [1.807, 2.05) is 13.8 Å². The second kappa shape index (κ2) is 7.98. The summed E-state index contributed by atoms with van der Waals surface area (Å²) < 4.78 is 10.1. The zero-order valence-corrected chi connectivity index (χ0v) is 15.7. The van der Waals surface area contributed by atoms with Crippen molar-refractivity contribution in [3.8, 4) is 0 Å². The summed E-state index contributed by atoms with van der Waals surface area (Å²) in [6.07, 6.45) is 3.03. The Balaban J connectivity index is 4.46. The van der Waals surface area contributed by atoms with Crippen LogP contribution in [-0.4, -0.2) is 24.6 Å². The third-order valence-electron chi connectivity index (χ3n) is 5.22. The summed E-state index contributed by atoms with van der Waals surface area (Å²) >= 11 is 0. The summed E-state index contributed by atoms with van der Waals surface area (Å²) in [4.78, 5) is 22.9. The topological polar surface area (TPSA) is 52.6 Å². The highest BCUT2D eigenvalue weighted by atomic mass is 16.6. The lowest BCUT2D eigenvalue weighted by atomic mass is 9.63. The monoisotopic (exact) mass is 314 g/mol. The lowest BCUT2D eigenvalue weighted by molar-refractivity contribution is -0.160. The minimum atomic E-state index is -0.520. The van der Waals surface area contributed by atoms with Gasteiger partial charge in [-0.3, -0.25) is 9.59 Å². The number of hydrogen-bond donors (Lipinski definition) is 0. The first-order valence-corrected chi connectivity index (χ1v) is 8.15. The van der Waals surface area contributed by atoms with Crippen LogP contribution in [0, 0.1) is 10.8 Å². The van der Waals surface area contributed by atoms with Gasteiger partial charge in [0.05, 0.1) is 20.0 Å². The maximum absolute atomic E-state index is 11.8. The normalized spacial score (nSPS) is 12.9. The van der Waals surface area contributed by atoms with Crippen molar-refractivity contribution in [3.05, 3.63) is 0 Å². The van der Waals surface area contributed by atoms with E-state index in [1.165, 1.54) is 7.11 Å². The van der Waals surface area contributed by atoms with Gasteiger partial charge in [-0.05, 0) is 37.5 Å². The van der Waals surface area contributed by atoms with E-state index >= 15 is 0 Å². The van der Waals surface area contributed by atoms with Crippen LogP contribution >= 0.6 is 0 Å². The number of hydrogen-bond acceptors (Lipinski definition) is 4. The molecule has 0 aromatic carbocycles. The van der Waals surface area contributed by atoms with Crippen LogP contribution in [0.2, 0.25) is 0 Å². The van der Waals surface area contributed by atoms with E-state index in [-0.39, 0.29) is 35.6 Å². The lowest BCUT2D eigenvalue weighted by Crippen LogP contribution is -2.36. The first kappa shape index (κ1) is 20.9. The molecule has 0 aromatic heterocycles. The van der Waals surface area contributed by atoms with Crippen LogP contribution in [0.25, 0.3) is 0 Å². The van der Waals surface area contributed by atoms with Crippen LogP contribution < -0.4 is 0 Å². The molecule has 0 amide bonds. The van der Waals surface area contributed by atoms with Crippen molar-refractivity contribution in [2.75, 3.05) is 7.11 Å². The summed E-state index contributed by atoms with van der Waals surface area (Å²) in [6.45, 7) is 15.2. The largest absolute Gasteiger partial charge is 0.469 e. The van der Waals surface area contributed by atoms with E-state index in [1.54, 1.807) is 0 Å². The number of carbonyl (C=O) groups is 2. The van der Waals surface area contributed by atoms with Crippen LogP contribution in [0.5, 0.6) is 0 Å². The average molecular weight is 314 g/mol. The van der Waals surface area contributed by atoms with Gasteiger partial charge in [-0.25, -0.2) is 0 Å². The number of methoxy groups -OCH3 is 1. The van der Waals surface area contributed by atoms with Gasteiger partial charge in [-0.15, -0.1) is 0 Å². The average Bonchev–Trinajstić information content (AvgIpc) is 2.42. The van der Waals surface area contributed by atoms with E-state index in [2.05, 4.69) is 39.4 Å². The number of esters is 2. The molecule has 0 fully saturated rings. The van der Waals surface area contributed by atoms with Crippen molar-refractivity contribution in [1.82, 2.24) is 0 Å². The van der Waals surface area contributed by atoms with E-state index in [0.29, 0.717) is 0 Å². The highest BCUT2D eigenvalue weighted by Gasteiger charge is 2.37. The van der Waals surface area contributed by atoms with Crippen molar-refractivity contribution >= 4 is 11.9 Å². The Hall–Kier alpha value is -1.06. The number of rotatable bonds is 9. The quantitative estimate of drug-likeness (QED) is 0.588. The fourth-order valence-electron chi connectivity index (χ4n) is 2.15. The van der Waals surface area contributed by atoms with Crippen molar-refractivity contribution in [3.63, 3.8) is 0 Å². The summed E-state index contributed by atoms with van der Waals surface area (Å²) in [5.41, 5.74) is -0.121. The van der Waals surface area contributed by atoms with Crippen LogP contribution in [0.1, 0.15) is 80.6 Å². The number of ether oxygens (including phenoxy) is 2. The predicted octanol–water partition coefficient (Wildman–Crippen LogP) is 4.50. The van der Waals surface area contributed by atoms with Gasteiger partial charge < -0.3 is 9.47 Å². The molecule has 0 spiro atoms. The van der Waals surface area contributed by atoms with Gasteiger partial charge in [0.2, 0.25) is 0 Å². The van der Waals surface area contributed by atoms with Crippen LogP contribution in [0.4, 0.5) is 0 Å². The van der Waals surface area contributed by atoms with Gasteiger partial charge >= 0.3 is 11.9 Å². The van der Waals surface area contributed by atoms with E-state index in [0.717, 1.165) is 19.3 Å². The fourth-order valence-corrected chi connectivity index (χ4v) is 2.15. The maximum atomic E-state index is 11.8. The van der Waals surface area contributed by atoms with Gasteiger partial charge in [-0.1, -0.05) is 41.0 Å². The molecule has 0 aliphatic heterocycles. The SMILES string of the molecule is CCC(C)(C)C(C)(C)CCC(C)(C)OC(=O)CCC(=O)OC. The van der Waals surface area contributed by atoms with Gasteiger partial charge in [0.1, 0.15) is 5.60 Å². The zero-order chi connectivity index (χ0) is 17.6. The third kappa shape index (κ3) is 6.80.